The maximum absolute atomic E-state index is 12.9. The standard InChI is InChI=1S/C22H19ClN4O2S/c1-27-11-10-24-21(27)20(15-2-6-17(23)7-3-15)26-22(28)16-4-8-19(9-5-16)29-12-18-13-30-14-25-18/h2-11,13-14,20H,12H2,1H3,(H,26,28)/t20-/m0/s1. The lowest BCUT2D eigenvalue weighted by molar-refractivity contribution is 0.0941. The minimum absolute atomic E-state index is 0.205. The zero-order chi connectivity index (χ0) is 20.9. The Morgan fingerprint density at radius 1 is 1.17 bits per heavy atom. The van der Waals surface area contributed by atoms with Crippen molar-refractivity contribution in [3.05, 3.63) is 99.5 Å². The molecule has 4 aromatic rings. The van der Waals surface area contributed by atoms with Gasteiger partial charge in [-0.2, -0.15) is 0 Å². The number of amides is 1. The summed E-state index contributed by atoms with van der Waals surface area (Å²) < 4.78 is 7.59. The molecule has 1 N–H and O–H groups in total. The Kier molecular flexibility index (Phi) is 6.11. The molecule has 4 rings (SSSR count). The Balaban J connectivity index is 1.49. The lowest BCUT2D eigenvalue weighted by Gasteiger charge is -2.19. The number of nitrogens with zero attached hydrogens (tertiary/aromatic N) is 3. The van der Waals surface area contributed by atoms with Gasteiger partial charge in [0.15, 0.2) is 0 Å². The normalized spacial score (nSPS) is 11.8. The van der Waals surface area contributed by atoms with Crippen LogP contribution in [0.1, 0.15) is 33.5 Å². The van der Waals surface area contributed by atoms with Crippen LogP contribution in [0.15, 0.2) is 71.8 Å². The third-order valence-electron chi connectivity index (χ3n) is 4.58. The van der Waals surface area contributed by atoms with Crippen LogP contribution in [0.25, 0.3) is 0 Å². The molecule has 0 unspecified atom stereocenters. The molecule has 0 bridgehead atoms. The van der Waals surface area contributed by atoms with Gasteiger partial charge in [-0.25, -0.2) is 9.97 Å². The van der Waals surface area contributed by atoms with E-state index in [-0.39, 0.29) is 5.91 Å². The molecule has 0 aliphatic rings. The summed E-state index contributed by atoms with van der Waals surface area (Å²) in [4.78, 5) is 21.5. The Hall–Kier alpha value is -3.16. The Morgan fingerprint density at radius 3 is 2.57 bits per heavy atom. The monoisotopic (exact) mass is 438 g/mol. The maximum atomic E-state index is 12.9. The number of ether oxygens (including phenoxy) is 1. The number of imidazole rings is 1. The van der Waals surface area contributed by atoms with E-state index in [1.54, 1.807) is 48.1 Å². The van der Waals surface area contributed by atoms with Gasteiger partial charge in [0.2, 0.25) is 0 Å². The first kappa shape index (κ1) is 20.1. The van der Waals surface area contributed by atoms with E-state index in [0.717, 1.165) is 17.1 Å². The lowest BCUT2D eigenvalue weighted by Crippen LogP contribution is -2.31. The molecular weight excluding hydrogens is 420 g/mol. The van der Waals surface area contributed by atoms with E-state index in [2.05, 4.69) is 15.3 Å². The summed E-state index contributed by atoms with van der Waals surface area (Å²) in [6.07, 6.45) is 3.55. The highest BCUT2D eigenvalue weighted by Gasteiger charge is 2.21. The topological polar surface area (TPSA) is 69.0 Å². The van der Waals surface area contributed by atoms with Crippen LogP contribution >= 0.6 is 22.9 Å². The summed E-state index contributed by atoms with van der Waals surface area (Å²) in [5.41, 5.74) is 4.07. The van der Waals surface area contributed by atoms with E-state index in [1.807, 2.05) is 35.3 Å². The van der Waals surface area contributed by atoms with Crippen molar-refractivity contribution in [3.8, 4) is 5.75 Å². The Labute approximate surface area is 183 Å². The van der Waals surface area contributed by atoms with Gasteiger partial charge in [0.25, 0.3) is 5.91 Å². The fraction of sp³-hybridized carbons (Fsp3) is 0.136. The van der Waals surface area contributed by atoms with Crippen LogP contribution in [0.5, 0.6) is 5.75 Å². The third-order valence-corrected chi connectivity index (χ3v) is 5.47. The van der Waals surface area contributed by atoms with Crippen molar-refractivity contribution in [1.82, 2.24) is 19.9 Å². The van der Waals surface area contributed by atoms with Crippen molar-refractivity contribution in [2.75, 3.05) is 0 Å². The van der Waals surface area contributed by atoms with Crippen LogP contribution in [-0.2, 0) is 13.7 Å². The van der Waals surface area contributed by atoms with E-state index in [0.29, 0.717) is 22.9 Å². The summed E-state index contributed by atoms with van der Waals surface area (Å²) in [6, 6.07) is 14.0. The van der Waals surface area contributed by atoms with Gasteiger partial charge in [0.05, 0.1) is 11.2 Å². The molecular formula is C22H19ClN4O2S. The molecule has 2 heterocycles. The number of nitrogens with one attached hydrogen (secondary N) is 1. The largest absolute Gasteiger partial charge is 0.487 e. The highest BCUT2D eigenvalue weighted by molar-refractivity contribution is 7.07. The SMILES string of the molecule is Cn1ccnc1[C@@H](NC(=O)c1ccc(OCc2cscn2)cc1)c1ccc(Cl)cc1. The number of aromatic nitrogens is 3. The van der Waals surface area contributed by atoms with Crippen molar-refractivity contribution >= 4 is 28.8 Å². The number of halogens is 1. The first-order valence-electron chi connectivity index (χ1n) is 9.23. The number of aryl methyl sites for hydroxylation is 1. The Bertz CT molecular complexity index is 1110. The highest BCUT2D eigenvalue weighted by Crippen LogP contribution is 2.23. The van der Waals surface area contributed by atoms with Crippen molar-refractivity contribution in [3.63, 3.8) is 0 Å². The van der Waals surface area contributed by atoms with Crippen LogP contribution in [0.2, 0.25) is 5.02 Å². The minimum atomic E-state index is -0.407. The summed E-state index contributed by atoms with van der Waals surface area (Å²) in [5, 5.41) is 5.65. The molecule has 1 atom stereocenters. The van der Waals surface area contributed by atoms with Crippen LogP contribution in [0.4, 0.5) is 0 Å². The van der Waals surface area contributed by atoms with Gasteiger partial charge in [-0.3, -0.25) is 4.79 Å². The van der Waals surface area contributed by atoms with Gasteiger partial charge in [-0.05, 0) is 42.0 Å². The summed E-state index contributed by atoms with van der Waals surface area (Å²) >= 11 is 7.55. The predicted molar refractivity (Wildman–Crippen MR) is 117 cm³/mol. The van der Waals surface area contributed by atoms with Crippen LogP contribution in [0.3, 0.4) is 0 Å². The third kappa shape index (κ3) is 4.69. The second-order valence-electron chi connectivity index (χ2n) is 6.65. The number of carbonyl (C=O) groups excluding carboxylic acids is 1. The maximum Gasteiger partial charge on any atom is 0.252 e. The van der Waals surface area contributed by atoms with Crippen molar-refractivity contribution in [1.29, 1.82) is 0 Å². The molecule has 0 spiro atoms. The molecule has 1 amide bonds. The van der Waals surface area contributed by atoms with Crippen LogP contribution < -0.4 is 10.1 Å². The molecule has 30 heavy (non-hydrogen) atoms. The summed E-state index contributed by atoms with van der Waals surface area (Å²) in [6.45, 7) is 0.396. The number of benzene rings is 2. The van der Waals surface area contributed by atoms with Gasteiger partial charge < -0.3 is 14.6 Å². The van der Waals surface area contributed by atoms with Crippen molar-refractivity contribution in [2.45, 2.75) is 12.6 Å². The summed E-state index contributed by atoms with van der Waals surface area (Å²) in [5.74, 6) is 1.20. The minimum Gasteiger partial charge on any atom is -0.487 e. The molecule has 2 aromatic carbocycles. The van der Waals surface area contributed by atoms with E-state index in [9.17, 15) is 4.79 Å². The van der Waals surface area contributed by atoms with Gasteiger partial charge in [0.1, 0.15) is 24.2 Å². The molecule has 6 nitrogen and oxygen atoms in total. The smallest absolute Gasteiger partial charge is 0.252 e. The zero-order valence-corrected chi connectivity index (χ0v) is 17.7. The highest BCUT2D eigenvalue weighted by atomic mass is 35.5. The first-order valence-corrected chi connectivity index (χ1v) is 10.6. The summed E-state index contributed by atoms with van der Waals surface area (Å²) in [7, 11) is 1.89. The average Bonchev–Trinajstić information content (AvgIpc) is 3.43. The van der Waals surface area contributed by atoms with E-state index in [4.69, 9.17) is 16.3 Å². The molecule has 2 aromatic heterocycles. The number of rotatable bonds is 7. The van der Waals surface area contributed by atoms with Gasteiger partial charge in [0, 0.05) is 35.4 Å². The van der Waals surface area contributed by atoms with Crippen molar-refractivity contribution < 1.29 is 9.53 Å². The molecule has 0 saturated heterocycles. The molecule has 8 heteroatoms. The fourth-order valence-corrected chi connectivity index (χ4v) is 3.66. The first-order chi connectivity index (χ1) is 14.6. The second-order valence-corrected chi connectivity index (χ2v) is 7.80. The van der Waals surface area contributed by atoms with Gasteiger partial charge in [-0.1, -0.05) is 23.7 Å². The molecule has 0 saturated carbocycles. The second kappa shape index (κ2) is 9.11. The predicted octanol–water partition coefficient (Wildman–Crippen LogP) is 4.63. The number of hydrogen-bond donors (Lipinski definition) is 1. The number of carbonyl (C=O) groups is 1. The Morgan fingerprint density at radius 2 is 1.93 bits per heavy atom. The molecule has 0 radical (unpaired) electrons. The van der Waals surface area contributed by atoms with Crippen LogP contribution in [0, 0.1) is 0 Å². The van der Waals surface area contributed by atoms with Crippen LogP contribution in [-0.4, -0.2) is 20.4 Å². The van der Waals surface area contributed by atoms with E-state index >= 15 is 0 Å². The van der Waals surface area contributed by atoms with Gasteiger partial charge in [-0.15, -0.1) is 11.3 Å². The number of thiazole rings is 1. The van der Waals surface area contributed by atoms with Gasteiger partial charge >= 0.3 is 0 Å². The molecule has 0 aliphatic heterocycles. The van der Waals surface area contributed by atoms with Crippen molar-refractivity contribution in [2.24, 2.45) is 7.05 Å². The number of hydrogen-bond acceptors (Lipinski definition) is 5. The lowest BCUT2D eigenvalue weighted by atomic mass is 10.1. The zero-order valence-electron chi connectivity index (χ0n) is 16.2. The quantitative estimate of drug-likeness (QED) is 0.456. The van der Waals surface area contributed by atoms with E-state index in [1.165, 1.54) is 11.3 Å². The van der Waals surface area contributed by atoms with E-state index < -0.39 is 6.04 Å². The molecule has 0 aliphatic carbocycles. The molecule has 0 fully saturated rings. The fourth-order valence-electron chi connectivity index (χ4n) is 2.99. The molecule has 152 valence electrons. The average molecular weight is 439 g/mol.